The molecule has 0 aliphatic carbocycles. The molecule has 1 aromatic rings. The molecule has 1 amide bonds. The van der Waals surface area contributed by atoms with E-state index < -0.39 is 47.8 Å². The van der Waals surface area contributed by atoms with E-state index in [9.17, 15) is 39.3 Å². The number of carboxylic acids is 3. The zero-order valence-corrected chi connectivity index (χ0v) is 22.4. The number of aliphatic carboxylic acids is 3. The largest absolute Gasteiger partial charge is 0.490 e. The number of ketones is 1. The molecule has 0 saturated heterocycles. The van der Waals surface area contributed by atoms with Crippen molar-refractivity contribution in [2.75, 3.05) is 6.61 Å². The number of rotatable bonds is 18. The van der Waals surface area contributed by atoms with Crippen LogP contribution in [0.4, 0.5) is 0 Å². The minimum atomic E-state index is -3.06. The molecule has 0 saturated carbocycles. The molecule has 0 aromatic heterocycles. The van der Waals surface area contributed by atoms with Crippen molar-refractivity contribution in [1.29, 1.82) is 0 Å². The van der Waals surface area contributed by atoms with Crippen LogP contribution in [0.5, 0.6) is 5.75 Å². The number of benzene rings is 1. The van der Waals surface area contributed by atoms with Gasteiger partial charge in [0, 0.05) is 19.3 Å². The van der Waals surface area contributed by atoms with E-state index in [2.05, 4.69) is 5.32 Å². The molecule has 11 nitrogen and oxygen atoms in total. The van der Waals surface area contributed by atoms with Gasteiger partial charge in [-0.3, -0.25) is 14.4 Å². The third kappa shape index (κ3) is 11.5. The lowest BCUT2D eigenvalue weighted by Crippen LogP contribution is -2.55. The SMILES string of the molecule is CCCC(=O)CCC=CC(C(=O)N[C@@H](Cc1ccc(OCC=C(C)C)cc1)C(=O)O)[C@@](O)(CC(=O)O)C(=O)O. The fourth-order valence-electron chi connectivity index (χ4n) is 3.62. The summed E-state index contributed by atoms with van der Waals surface area (Å²) >= 11 is 0. The van der Waals surface area contributed by atoms with Gasteiger partial charge in [-0.25, -0.2) is 9.59 Å². The Morgan fingerprint density at radius 2 is 1.67 bits per heavy atom. The summed E-state index contributed by atoms with van der Waals surface area (Å²) in [5.74, 6) is -7.70. The number of amides is 1. The van der Waals surface area contributed by atoms with Crippen molar-refractivity contribution >= 4 is 29.6 Å². The minimum absolute atomic E-state index is 0.0542. The summed E-state index contributed by atoms with van der Waals surface area (Å²) in [6.45, 7) is 6.06. The summed E-state index contributed by atoms with van der Waals surface area (Å²) in [6.07, 6.45) is 3.92. The lowest BCUT2D eigenvalue weighted by atomic mass is 9.82. The third-order valence-electron chi connectivity index (χ3n) is 5.75. The summed E-state index contributed by atoms with van der Waals surface area (Å²) in [4.78, 5) is 60.0. The van der Waals surface area contributed by atoms with Crippen LogP contribution in [0.15, 0.2) is 48.1 Å². The van der Waals surface area contributed by atoms with Crippen LogP contribution in [0.3, 0.4) is 0 Å². The lowest BCUT2D eigenvalue weighted by molar-refractivity contribution is -0.172. The molecule has 0 heterocycles. The Morgan fingerprint density at radius 3 is 2.18 bits per heavy atom. The Balaban J connectivity index is 3.13. The van der Waals surface area contributed by atoms with Gasteiger partial charge in [-0.2, -0.15) is 0 Å². The molecule has 214 valence electrons. The fraction of sp³-hybridized carbons (Fsp3) is 0.464. The molecule has 11 heteroatoms. The van der Waals surface area contributed by atoms with Gasteiger partial charge in [0.15, 0.2) is 5.60 Å². The number of carbonyl (C=O) groups excluding carboxylic acids is 2. The van der Waals surface area contributed by atoms with Crippen LogP contribution in [0.1, 0.15) is 58.4 Å². The molecule has 39 heavy (non-hydrogen) atoms. The van der Waals surface area contributed by atoms with Gasteiger partial charge in [0.1, 0.15) is 24.2 Å². The van der Waals surface area contributed by atoms with Crippen molar-refractivity contribution in [3.8, 4) is 5.75 Å². The molecule has 0 radical (unpaired) electrons. The summed E-state index contributed by atoms with van der Waals surface area (Å²) in [7, 11) is 0. The Morgan fingerprint density at radius 1 is 1.03 bits per heavy atom. The van der Waals surface area contributed by atoms with Gasteiger partial charge in [0.05, 0.1) is 12.3 Å². The van der Waals surface area contributed by atoms with Crippen LogP contribution in [0, 0.1) is 5.92 Å². The molecule has 1 aromatic carbocycles. The minimum Gasteiger partial charge on any atom is -0.490 e. The first-order chi connectivity index (χ1) is 18.3. The maximum atomic E-state index is 13.1. The van der Waals surface area contributed by atoms with Crippen molar-refractivity contribution in [3.05, 3.63) is 53.6 Å². The van der Waals surface area contributed by atoms with E-state index in [0.717, 1.165) is 11.6 Å². The highest BCUT2D eigenvalue weighted by molar-refractivity contribution is 5.94. The summed E-state index contributed by atoms with van der Waals surface area (Å²) < 4.78 is 5.56. The molecule has 5 N–H and O–H groups in total. The molecule has 0 bridgehead atoms. The van der Waals surface area contributed by atoms with Gasteiger partial charge in [-0.15, -0.1) is 0 Å². The van der Waals surface area contributed by atoms with Crippen LogP contribution in [-0.4, -0.2) is 68.3 Å². The zero-order chi connectivity index (χ0) is 29.6. The maximum Gasteiger partial charge on any atom is 0.337 e. The third-order valence-corrected chi connectivity index (χ3v) is 5.75. The number of aliphatic hydroxyl groups is 1. The Bertz CT molecular complexity index is 1070. The molecule has 0 spiro atoms. The average molecular weight is 548 g/mol. The highest BCUT2D eigenvalue weighted by Crippen LogP contribution is 2.25. The van der Waals surface area contributed by atoms with Crippen molar-refractivity contribution in [2.45, 2.75) is 70.9 Å². The van der Waals surface area contributed by atoms with E-state index in [-0.39, 0.29) is 25.0 Å². The molecule has 0 aliphatic rings. The van der Waals surface area contributed by atoms with E-state index in [0.29, 0.717) is 30.8 Å². The molecule has 3 atom stereocenters. The van der Waals surface area contributed by atoms with Gasteiger partial charge >= 0.3 is 17.9 Å². The first-order valence-electron chi connectivity index (χ1n) is 12.5. The number of carbonyl (C=O) groups is 5. The molecule has 1 unspecified atom stereocenters. The highest BCUT2D eigenvalue weighted by atomic mass is 16.5. The first kappa shape index (κ1) is 33.0. The molecule has 0 fully saturated rings. The molecular weight excluding hydrogens is 510 g/mol. The molecular formula is C28H37NO10. The topological polar surface area (TPSA) is 188 Å². The molecule has 0 aliphatic heterocycles. The predicted octanol–water partition coefficient (Wildman–Crippen LogP) is 2.76. The average Bonchev–Trinajstić information content (AvgIpc) is 2.83. The fourth-order valence-corrected chi connectivity index (χ4v) is 3.62. The second-order valence-electron chi connectivity index (χ2n) is 9.37. The van der Waals surface area contributed by atoms with Gasteiger partial charge in [-0.1, -0.05) is 36.8 Å². The number of hydrogen-bond donors (Lipinski definition) is 5. The smallest absolute Gasteiger partial charge is 0.337 e. The van der Waals surface area contributed by atoms with E-state index in [4.69, 9.17) is 9.84 Å². The lowest BCUT2D eigenvalue weighted by Gasteiger charge is -2.29. The van der Waals surface area contributed by atoms with Gasteiger partial charge in [-0.05, 0) is 50.5 Å². The number of ether oxygens (including phenoxy) is 1. The zero-order valence-electron chi connectivity index (χ0n) is 22.4. The summed E-state index contributed by atoms with van der Waals surface area (Å²) in [6, 6.07) is 4.98. The molecule has 1 rings (SSSR count). The Kier molecular flexibility index (Phi) is 13.6. The van der Waals surface area contributed by atoms with E-state index >= 15 is 0 Å². The van der Waals surface area contributed by atoms with Crippen LogP contribution < -0.4 is 10.1 Å². The van der Waals surface area contributed by atoms with Gasteiger partial charge < -0.3 is 30.5 Å². The standard InChI is InChI=1S/C28H37NO10/c1-4-7-20(30)8-5-6-9-22(28(38,27(36)37)17-24(31)32)25(33)29-23(26(34)35)16-19-10-12-21(13-11-19)39-15-14-18(2)3/h6,9-14,22-23,38H,4-5,7-8,15-17H2,1-3H3,(H,29,33)(H,31,32)(H,34,35)(H,36,37)/t22?,23-,28-/m0/s1. The van der Waals surface area contributed by atoms with Crippen LogP contribution >= 0.6 is 0 Å². The Hall–Kier alpha value is -3.99. The predicted molar refractivity (Wildman–Crippen MR) is 141 cm³/mol. The highest BCUT2D eigenvalue weighted by Gasteiger charge is 2.49. The second-order valence-corrected chi connectivity index (χ2v) is 9.37. The number of Topliss-reactive ketones (excluding diaryl/α,β-unsaturated/α-hetero) is 1. The summed E-state index contributed by atoms with van der Waals surface area (Å²) in [5.41, 5.74) is -1.45. The van der Waals surface area contributed by atoms with E-state index in [1.807, 2.05) is 26.8 Å². The number of hydrogen-bond acceptors (Lipinski definition) is 7. The summed E-state index contributed by atoms with van der Waals surface area (Å²) in [5, 5.41) is 41.4. The number of nitrogens with one attached hydrogen (secondary N) is 1. The second kappa shape index (κ2) is 16.1. The van der Waals surface area contributed by atoms with Crippen molar-refractivity contribution in [2.24, 2.45) is 5.92 Å². The van der Waals surface area contributed by atoms with Crippen LogP contribution in [0.25, 0.3) is 0 Å². The van der Waals surface area contributed by atoms with Gasteiger partial charge in [0.25, 0.3) is 0 Å². The van der Waals surface area contributed by atoms with Crippen molar-refractivity contribution in [1.82, 2.24) is 5.32 Å². The maximum absolute atomic E-state index is 13.1. The van der Waals surface area contributed by atoms with Crippen molar-refractivity contribution < 1.29 is 49.1 Å². The Labute approximate surface area is 227 Å². The monoisotopic (exact) mass is 547 g/mol. The van der Waals surface area contributed by atoms with E-state index in [1.165, 1.54) is 6.08 Å². The first-order valence-corrected chi connectivity index (χ1v) is 12.5. The van der Waals surface area contributed by atoms with Crippen LogP contribution in [-0.2, 0) is 30.4 Å². The number of allylic oxidation sites excluding steroid dienone is 2. The van der Waals surface area contributed by atoms with Gasteiger partial charge in [0.2, 0.25) is 5.91 Å². The van der Waals surface area contributed by atoms with Crippen LogP contribution in [0.2, 0.25) is 0 Å². The number of carboxylic acid groups (broad SMARTS) is 3. The quantitative estimate of drug-likeness (QED) is 0.171. The normalized spacial score (nSPS) is 14.1. The van der Waals surface area contributed by atoms with E-state index in [1.54, 1.807) is 24.3 Å². The van der Waals surface area contributed by atoms with Crippen molar-refractivity contribution in [3.63, 3.8) is 0 Å².